The maximum atomic E-state index is 12.7. The predicted octanol–water partition coefficient (Wildman–Crippen LogP) is 4.60. The summed E-state index contributed by atoms with van der Waals surface area (Å²) in [6.07, 6.45) is 1.11. The van der Waals surface area contributed by atoms with Gasteiger partial charge in [0.1, 0.15) is 18.9 Å². The number of rotatable bonds is 8. The van der Waals surface area contributed by atoms with Crippen molar-refractivity contribution >= 4 is 27.3 Å². The normalized spacial score (nSPS) is 11.1. The molecule has 3 aromatic rings. The molecule has 6 nitrogen and oxygen atoms in total. The predicted molar refractivity (Wildman–Crippen MR) is 129 cm³/mol. The largest absolute Gasteiger partial charge is 0.489 e. The van der Waals surface area contributed by atoms with Gasteiger partial charge in [0, 0.05) is 5.69 Å². The first-order valence-electron chi connectivity index (χ1n) is 10.3. The number of carbonyl (C=O) groups is 1. The summed E-state index contributed by atoms with van der Waals surface area (Å²) in [5.41, 5.74) is 4.82. The lowest BCUT2D eigenvalue weighted by molar-refractivity contribution is -0.114. The highest BCUT2D eigenvalue weighted by Crippen LogP contribution is 2.28. The third kappa shape index (κ3) is 6.11. The molecule has 0 aliphatic heterocycles. The van der Waals surface area contributed by atoms with Crippen molar-refractivity contribution < 1.29 is 17.9 Å². The van der Waals surface area contributed by atoms with Crippen LogP contribution in [0.1, 0.15) is 22.3 Å². The van der Waals surface area contributed by atoms with Crippen LogP contribution in [-0.4, -0.2) is 27.1 Å². The van der Waals surface area contributed by atoms with E-state index >= 15 is 0 Å². The van der Waals surface area contributed by atoms with Crippen molar-refractivity contribution in [2.45, 2.75) is 27.4 Å². The smallest absolute Gasteiger partial charge is 0.245 e. The Morgan fingerprint density at radius 3 is 2.09 bits per heavy atom. The maximum Gasteiger partial charge on any atom is 0.245 e. The van der Waals surface area contributed by atoms with Gasteiger partial charge < -0.3 is 10.1 Å². The number of nitrogens with zero attached hydrogens (tertiary/aromatic N) is 1. The standard InChI is InChI=1S/C25H28N2O4S/c1-18-14-19(2)25(20(3)15-18)27(32(4,29)30)16-24(28)26-22-10-12-23(13-11-22)31-17-21-8-6-5-7-9-21/h5-15H,16-17H2,1-4H3,(H,26,28). The molecular weight excluding hydrogens is 424 g/mol. The SMILES string of the molecule is Cc1cc(C)c(N(CC(=O)Nc2ccc(OCc3ccccc3)cc2)S(C)(=O)=O)c(C)c1. The summed E-state index contributed by atoms with van der Waals surface area (Å²) in [7, 11) is -3.65. The Balaban J connectivity index is 1.68. The first-order valence-corrected chi connectivity index (χ1v) is 12.1. The number of anilines is 2. The molecule has 0 saturated carbocycles. The van der Waals surface area contributed by atoms with Gasteiger partial charge in [-0.25, -0.2) is 8.42 Å². The Kier molecular flexibility index (Phi) is 7.20. The average Bonchev–Trinajstić information content (AvgIpc) is 2.72. The Hall–Kier alpha value is -3.32. The van der Waals surface area contributed by atoms with Crippen LogP contribution in [0.15, 0.2) is 66.7 Å². The van der Waals surface area contributed by atoms with Crippen molar-refractivity contribution in [2.24, 2.45) is 0 Å². The number of carbonyl (C=O) groups excluding carboxylic acids is 1. The Labute approximate surface area is 189 Å². The van der Waals surface area contributed by atoms with E-state index in [1.165, 1.54) is 0 Å². The fourth-order valence-corrected chi connectivity index (χ4v) is 4.61. The number of ether oxygens (including phenoxy) is 1. The van der Waals surface area contributed by atoms with E-state index in [2.05, 4.69) is 5.32 Å². The summed E-state index contributed by atoms with van der Waals surface area (Å²) in [5, 5.41) is 2.76. The lowest BCUT2D eigenvalue weighted by atomic mass is 10.1. The van der Waals surface area contributed by atoms with Gasteiger partial charge in [0.05, 0.1) is 11.9 Å². The fourth-order valence-electron chi connectivity index (χ4n) is 3.63. The van der Waals surface area contributed by atoms with Crippen LogP contribution in [0, 0.1) is 20.8 Å². The quantitative estimate of drug-likeness (QED) is 0.542. The van der Waals surface area contributed by atoms with Crippen molar-refractivity contribution in [2.75, 3.05) is 22.4 Å². The second-order valence-electron chi connectivity index (χ2n) is 7.86. The third-order valence-electron chi connectivity index (χ3n) is 4.96. The molecule has 0 fully saturated rings. The maximum absolute atomic E-state index is 12.7. The van der Waals surface area contributed by atoms with Gasteiger partial charge >= 0.3 is 0 Å². The molecule has 0 aliphatic carbocycles. The Morgan fingerprint density at radius 2 is 1.53 bits per heavy atom. The van der Waals surface area contributed by atoms with Crippen LogP contribution < -0.4 is 14.4 Å². The minimum absolute atomic E-state index is 0.310. The molecule has 0 unspecified atom stereocenters. The van der Waals surface area contributed by atoms with Gasteiger partial charge in [0.25, 0.3) is 0 Å². The molecule has 7 heteroatoms. The molecule has 0 bridgehead atoms. The summed E-state index contributed by atoms with van der Waals surface area (Å²) in [4.78, 5) is 12.7. The van der Waals surface area contributed by atoms with Gasteiger partial charge in [-0.3, -0.25) is 9.10 Å². The van der Waals surface area contributed by atoms with Crippen LogP contribution in [0.2, 0.25) is 0 Å². The van der Waals surface area contributed by atoms with E-state index in [1.54, 1.807) is 24.3 Å². The molecular formula is C25H28N2O4S. The molecule has 1 amide bonds. The Bertz CT molecular complexity index is 1170. The van der Waals surface area contributed by atoms with E-state index in [4.69, 9.17) is 4.74 Å². The molecule has 168 valence electrons. The molecule has 0 heterocycles. The van der Waals surface area contributed by atoms with Crippen LogP contribution in [0.3, 0.4) is 0 Å². The van der Waals surface area contributed by atoms with Crippen LogP contribution in [0.4, 0.5) is 11.4 Å². The lowest BCUT2D eigenvalue weighted by Gasteiger charge is -2.26. The number of hydrogen-bond acceptors (Lipinski definition) is 4. The summed E-state index contributed by atoms with van der Waals surface area (Å²) < 4.78 is 31.9. The summed E-state index contributed by atoms with van der Waals surface area (Å²) in [5.74, 6) is 0.253. The zero-order valence-electron chi connectivity index (χ0n) is 18.8. The van der Waals surface area contributed by atoms with Crippen LogP contribution in [-0.2, 0) is 21.4 Å². The van der Waals surface area contributed by atoms with Gasteiger partial charge in [-0.15, -0.1) is 0 Å². The van der Waals surface area contributed by atoms with Gasteiger partial charge in [0.2, 0.25) is 15.9 Å². The molecule has 32 heavy (non-hydrogen) atoms. The van der Waals surface area contributed by atoms with Gasteiger partial charge in [0.15, 0.2) is 0 Å². The van der Waals surface area contributed by atoms with Crippen molar-refractivity contribution in [1.82, 2.24) is 0 Å². The van der Waals surface area contributed by atoms with E-state index in [-0.39, 0.29) is 6.54 Å². The second kappa shape index (κ2) is 9.87. The van der Waals surface area contributed by atoms with E-state index < -0.39 is 15.9 Å². The van der Waals surface area contributed by atoms with E-state index in [1.807, 2.05) is 63.2 Å². The number of aryl methyl sites for hydroxylation is 3. The molecule has 0 spiro atoms. The summed E-state index contributed by atoms with van der Waals surface area (Å²) in [6, 6.07) is 20.6. The number of nitrogens with one attached hydrogen (secondary N) is 1. The molecule has 0 radical (unpaired) electrons. The monoisotopic (exact) mass is 452 g/mol. The minimum atomic E-state index is -3.65. The van der Waals surface area contributed by atoms with Crippen LogP contribution >= 0.6 is 0 Å². The van der Waals surface area contributed by atoms with Crippen molar-refractivity contribution in [3.63, 3.8) is 0 Å². The van der Waals surface area contributed by atoms with E-state index in [0.29, 0.717) is 23.7 Å². The second-order valence-corrected chi connectivity index (χ2v) is 9.77. The molecule has 1 N–H and O–H groups in total. The lowest BCUT2D eigenvalue weighted by Crippen LogP contribution is -2.38. The molecule has 0 aromatic heterocycles. The number of amides is 1. The highest BCUT2D eigenvalue weighted by Gasteiger charge is 2.24. The number of hydrogen-bond donors (Lipinski definition) is 1. The first kappa shape index (κ1) is 23.3. The first-order chi connectivity index (χ1) is 15.1. The van der Waals surface area contributed by atoms with E-state index in [9.17, 15) is 13.2 Å². The molecule has 0 saturated heterocycles. The highest BCUT2D eigenvalue weighted by molar-refractivity contribution is 7.92. The van der Waals surface area contributed by atoms with E-state index in [0.717, 1.165) is 32.8 Å². The molecule has 0 atom stereocenters. The van der Waals surface area contributed by atoms with Crippen molar-refractivity contribution in [1.29, 1.82) is 0 Å². The van der Waals surface area contributed by atoms with Gasteiger partial charge in [-0.05, 0) is 61.7 Å². The number of sulfonamides is 1. The average molecular weight is 453 g/mol. The third-order valence-corrected chi connectivity index (χ3v) is 6.07. The highest BCUT2D eigenvalue weighted by atomic mass is 32.2. The summed E-state index contributed by atoms with van der Waals surface area (Å²) in [6.45, 7) is 5.79. The summed E-state index contributed by atoms with van der Waals surface area (Å²) >= 11 is 0. The van der Waals surface area contributed by atoms with Crippen molar-refractivity contribution in [3.8, 4) is 5.75 Å². The fraction of sp³-hybridized carbons (Fsp3) is 0.240. The van der Waals surface area contributed by atoms with Crippen LogP contribution in [0.5, 0.6) is 5.75 Å². The minimum Gasteiger partial charge on any atom is -0.489 e. The van der Waals surface area contributed by atoms with Gasteiger partial charge in [-0.1, -0.05) is 48.0 Å². The molecule has 3 rings (SSSR count). The zero-order valence-corrected chi connectivity index (χ0v) is 19.6. The zero-order chi connectivity index (χ0) is 23.3. The van der Waals surface area contributed by atoms with Gasteiger partial charge in [-0.2, -0.15) is 0 Å². The topological polar surface area (TPSA) is 75.7 Å². The van der Waals surface area contributed by atoms with Crippen molar-refractivity contribution in [3.05, 3.63) is 89.0 Å². The van der Waals surface area contributed by atoms with Crippen LogP contribution in [0.25, 0.3) is 0 Å². The molecule has 3 aromatic carbocycles. The number of benzene rings is 3. The molecule has 0 aliphatic rings. The Morgan fingerprint density at radius 1 is 0.938 bits per heavy atom.